The van der Waals surface area contributed by atoms with Gasteiger partial charge in [0.15, 0.2) is 0 Å². The number of carbonyl (C=O) groups is 4. The van der Waals surface area contributed by atoms with Crippen LogP contribution in [0.3, 0.4) is 0 Å². The van der Waals surface area contributed by atoms with Crippen molar-refractivity contribution >= 4 is 23.9 Å². The number of carboxylic acids is 1. The highest BCUT2D eigenvalue weighted by Gasteiger charge is 2.27. The summed E-state index contributed by atoms with van der Waals surface area (Å²) in [5.74, 6) is -2.66. The number of ether oxygens (including phenoxy) is 1. The molecule has 0 unspecified atom stereocenters. The van der Waals surface area contributed by atoms with Crippen LogP contribution in [0.2, 0.25) is 0 Å². The molecule has 148 valence electrons. The number of carbonyl (C=O) groups excluding carboxylic acids is 3. The molecule has 0 aliphatic heterocycles. The molecule has 0 aromatic heterocycles. The van der Waals surface area contributed by atoms with Gasteiger partial charge in [0.25, 0.3) is 0 Å². The SMILES string of the molecule is CC(C)[C@H](NC(=O)OCc1ccccc1)C(=O)N[C@H](C)C(=O)NCC(=O)O. The molecule has 27 heavy (non-hydrogen) atoms. The molecule has 0 bridgehead atoms. The third kappa shape index (κ3) is 8.21. The van der Waals surface area contributed by atoms with Gasteiger partial charge in [0.1, 0.15) is 25.2 Å². The van der Waals surface area contributed by atoms with Gasteiger partial charge >= 0.3 is 12.1 Å². The summed E-state index contributed by atoms with van der Waals surface area (Å²) in [5, 5.41) is 15.7. The number of hydrogen-bond donors (Lipinski definition) is 4. The van der Waals surface area contributed by atoms with Gasteiger partial charge in [-0.2, -0.15) is 0 Å². The van der Waals surface area contributed by atoms with Crippen LogP contribution in [0.4, 0.5) is 4.79 Å². The maximum absolute atomic E-state index is 12.4. The monoisotopic (exact) mass is 379 g/mol. The number of benzene rings is 1. The minimum absolute atomic E-state index is 0.0626. The van der Waals surface area contributed by atoms with E-state index in [2.05, 4.69) is 16.0 Å². The number of rotatable bonds is 9. The third-order valence-electron chi connectivity index (χ3n) is 3.60. The molecule has 0 heterocycles. The van der Waals surface area contributed by atoms with Gasteiger partial charge in [-0.05, 0) is 18.4 Å². The van der Waals surface area contributed by atoms with E-state index in [0.717, 1.165) is 5.56 Å². The second-order valence-corrected chi connectivity index (χ2v) is 6.27. The van der Waals surface area contributed by atoms with Crippen LogP contribution < -0.4 is 16.0 Å². The first kappa shape index (κ1) is 21.9. The lowest BCUT2D eigenvalue weighted by atomic mass is 10.0. The Hall–Kier alpha value is -3.10. The molecular weight excluding hydrogens is 354 g/mol. The lowest BCUT2D eigenvalue weighted by molar-refractivity contribution is -0.138. The zero-order chi connectivity index (χ0) is 20.4. The number of carboxylic acid groups (broad SMARTS) is 1. The van der Waals surface area contributed by atoms with Crippen molar-refractivity contribution in [2.75, 3.05) is 6.54 Å². The van der Waals surface area contributed by atoms with E-state index in [1.807, 2.05) is 18.2 Å². The highest BCUT2D eigenvalue weighted by Crippen LogP contribution is 2.05. The van der Waals surface area contributed by atoms with Crippen LogP contribution in [0.1, 0.15) is 26.3 Å². The van der Waals surface area contributed by atoms with Crippen LogP contribution in [0.25, 0.3) is 0 Å². The molecule has 9 heteroatoms. The van der Waals surface area contributed by atoms with E-state index in [4.69, 9.17) is 9.84 Å². The van der Waals surface area contributed by atoms with E-state index < -0.39 is 42.5 Å². The summed E-state index contributed by atoms with van der Waals surface area (Å²) in [7, 11) is 0. The summed E-state index contributed by atoms with van der Waals surface area (Å²) < 4.78 is 5.10. The van der Waals surface area contributed by atoms with Crippen LogP contribution in [0.15, 0.2) is 30.3 Å². The molecular formula is C18H25N3O6. The predicted molar refractivity (Wildman–Crippen MR) is 96.6 cm³/mol. The first-order valence-corrected chi connectivity index (χ1v) is 8.47. The number of amides is 3. The second-order valence-electron chi connectivity index (χ2n) is 6.27. The maximum atomic E-state index is 12.4. The van der Waals surface area contributed by atoms with Gasteiger partial charge in [0.05, 0.1) is 0 Å². The van der Waals surface area contributed by atoms with Crippen molar-refractivity contribution in [1.82, 2.24) is 16.0 Å². The van der Waals surface area contributed by atoms with Gasteiger partial charge in [-0.15, -0.1) is 0 Å². The van der Waals surface area contributed by atoms with Crippen LogP contribution in [-0.4, -0.2) is 47.6 Å². The highest BCUT2D eigenvalue weighted by molar-refractivity contribution is 5.92. The molecule has 1 rings (SSSR count). The Morgan fingerprint density at radius 3 is 2.19 bits per heavy atom. The molecule has 0 aliphatic carbocycles. The Bertz CT molecular complexity index is 662. The standard InChI is InChI=1S/C18H25N3O6/c1-11(2)15(17(25)20-12(3)16(24)19-9-14(22)23)21-18(26)27-10-13-7-5-4-6-8-13/h4-8,11-12,15H,9-10H2,1-3H3,(H,19,24)(H,20,25)(H,21,26)(H,22,23)/t12-,15+/m1/s1. The summed E-state index contributed by atoms with van der Waals surface area (Å²) in [6, 6.07) is 7.21. The highest BCUT2D eigenvalue weighted by atomic mass is 16.5. The van der Waals surface area contributed by atoms with Crippen LogP contribution in [-0.2, 0) is 25.7 Å². The van der Waals surface area contributed by atoms with Crippen molar-refractivity contribution in [3.63, 3.8) is 0 Å². The molecule has 0 spiro atoms. The maximum Gasteiger partial charge on any atom is 0.408 e. The molecule has 0 aliphatic rings. The van der Waals surface area contributed by atoms with Gasteiger partial charge in [-0.3, -0.25) is 14.4 Å². The first-order valence-electron chi connectivity index (χ1n) is 8.47. The summed E-state index contributed by atoms with van der Waals surface area (Å²) in [5.41, 5.74) is 0.807. The zero-order valence-electron chi connectivity index (χ0n) is 15.5. The Morgan fingerprint density at radius 1 is 1.00 bits per heavy atom. The second kappa shape index (κ2) is 10.8. The van der Waals surface area contributed by atoms with Gasteiger partial charge in [-0.25, -0.2) is 4.79 Å². The van der Waals surface area contributed by atoms with E-state index >= 15 is 0 Å². The quantitative estimate of drug-likeness (QED) is 0.498. The van der Waals surface area contributed by atoms with Crippen molar-refractivity contribution in [3.05, 3.63) is 35.9 Å². The lowest BCUT2D eigenvalue weighted by Crippen LogP contribution is -2.54. The molecule has 0 saturated carbocycles. The topological polar surface area (TPSA) is 134 Å². The minimum atomic E-state index is -1.19. The molecule has 0 fully saturated rings. The van der Waals surface area contributed by atoms with Crippen molar-refractivity contribution in [2.24, 2.45) is 5.92 Å². The Balaban J connectivity index is 2.55. The fourth-order valence-electron chi connectivity index (χ4n) is 2.11. The Kier molecular flexibility index (Phi) is 8.77. The fraction of sp³-hybridized carbons (Fsp3) is 0.444. The summed E-state index contributed by atoms with van der Waals surface area (Å²) in [4.78, 5) is 46.6. The first-order chi connectivity index (χ1) is 12.7. The lowest BCUT2D eigenvalue weighted by Gasteiger charge is -2.23. The van der Waals surface area contributed by atoms with E-state index in [1.54, 1.807) is 26.0 Å². The summed E-state index contributed by atoms with van der Waals surface area (Å²) in [6.45, 7) is 4.40. The van der Waals surface area contributed by atoms with E-state index in [-0.39, 0.29) is 12.5 Å². The van der Waals surface area contributed by atoms with Crippen molar-refractivity contribution < 1.29 is 29.0 Å². The minimum Gasteiger partial charge on any atom is -0.480 e. The largest absolute Gasteiger partial charge is 0.480 e. The number of alkyl carbamates (subject to hydrolysis) is 1. The van der Waals surface area contributed by atoms with E-state index in [0.29, 0.717) is 0 Å². The fourth-order valence-corrected chi connectivity index (χ4v) is 2.11. The Labute approximate surface area is 157 Å². The molecule has 4 N–H and O–H groups in total. The van der Waals surface area contributed by atoms with Crippen LogP contribution >= 0.6 is 0 Å². The van der Waals surface area contributed by atoms with Crippen molar-refractivity contribution in [3.8, 4) is 0 Å². The summed E-state index contributed by atoms with van der Waals surface area (Å²) in [6.07, 6.45) is -0.754. The summed E-state index contributed by atoms with van der Waals surface area (Å²) >= 11 is 0. The van der Waals surface area contributed by atoms with E-state index in [9.17, 15) is 19.2 Å². The molecule has 3 amide bonds. The average molecular weight is 379 g/mol. The predicted octanol–water partition coefficient (Wildman–Crippen LogP) is 0.643. The number of hydrogen-bond acceptors (Lipinski definition) is 5. The molecule has 2 atom stereocenters. The number of nitrogens with one attached hydrogen (secondary N) is 3. The van der Waals surface area contributed by atoms with Crippen LogP contribution in [0, 0.1) is 5.92 Å². The van der Waals surface area contributed by atoms with Gasteiger partial charge in [0, 0.05) is 0 Å². The third-order valence-corrected chi connectivity index (χ3v) is 3.60. The van der Waals surface area contributed by atoms with Gasteiger partial charge < -0.3 is 25.8 Å². The van der Waals surface area contributed by atoms with Crippen molar-refractivity contribution in [1.29, 1.82) is 0 Å². The van der Waals surface area contributed by atoms with Gasteiger partial charge in [0.2, 0.25) is 11.8 Å². The number of aliphatic carboxylic acids is 1. The molecule has 9 nitrogen and oxygen atoms in total. The van der Waals surface area contributed by atoms with E-state index in [1.165, 1.54) is 6.92 Å². The van der Waals surface area contributed by atoms with Crippen molar-refractivity contribution in [2.45, 2.75) is 39.5 Å². The smallest absolute Gasteiger partial charge is 0.408 e. The molecule has 0 saturated heterocycles. The zero-order valence-corrected chi connectivity index (χ0v) is 15.5. The molecule has 1 aromatic rings. The van der Waals surface area contributed by atoms with Gasteiger partial charge in [-0.1, -0.05) is 44.2 Å². The molecule has 1 aromatic carbocycles. The van der Waals surface area contributed by atoms with Crippen LogP contribution in [0.5, 0.6) is 0 Å². The average Bonchev–Trinajstić information content (AvgIpc) is 2.62. The normalized spacial score (nSPS) is 12.6. The Morgan fingerprint density at radius 2 is 1.63 bits per heavy atom. The molecule has 0 radical (unpaired) electrons.